The quantitative estimate of drug-likeness (QED) is 0.559. The first-order valence-corrected chi connectivity index (χ1v) is 6.97. The molecule has 4 rings (SSSR count). The van der Waals surface area contributed by atoms with Gasteiger partial charge in [0.05, 0.1) is 16.7 Å². The molecule has 0 aliphatic rings. The molecule has 2 aromatic heterocycles. The van der Waals surface area contributed by atoms with E-state index >= 15 is 0 Å². The third kappa shape index (κ3) is 1.93. The lowest BCUT2D eigenvalue weighted by Gasteiger charge is -2.09. The second-order valence-corrected chi connectivity index (χ2v) is 5.17. The van der Waals surface area contributed by atoms with Gasteiger partial charge in [0.15, 0.2) is 0 Å². The highest BCUT2D eigenvalue weighted by Crippen LogP contribution is 2.33. The van der Waals surface area contributed by atoms with Crippen molar-refractivity contribution in [3.8, 4) is 17.1 Å². The van der Waals surface area contributed by atoms with Gasteiger partial charge in [0.25, 0.3) is 0 Å². The molecule has 22 heavy (non-hydrogen) atoms. The van der Waals surface area contributed by atoms with Crippen molar-refractivity contribution < 1.29 is 5.11 Å². The van der Waals surface area contributed by atoms with Crippen LogP contribution in [0.15, 0.2) is 60.7 Å². The van der Waals surface area contributed by atoms with Gasteiger partial charge in [-0.25, -0.2) is 9.97 Å². The van der Waals surface area contributed by atoms with Crippen LogP contribution in [0.1, 0.15) is 0 Å². The van der Waals surface area contributed by atoms with Gasteiger partial charge in [0.2, 0.25) is 0 Å². The summed E-state index contributed by atoms with van der Waals surface area (Å²) in [5.41, 5.74) is 9.14. The van der Waals surface area contributed by atoms with Crippen LogP contribution in [-0.4, -0.2) is 15.1 Å². The number of aromatic nitrogens is 2. The van der Waals surface area contributed by atoms with Crippen LogP contribution in [0.5, 0.6) is 5.75 Å². The molecule has 2 aromatic carbocycles. The fourth-order valence-corrected chi connectivity index (χ4v) is 2.60. The van der Waals surface area contributed by atoms with Gasteiger partial charge in [-0.3, -0.25) is 0 Å². The predicted octanol–water partition coefficient (Wildman–Crippen LogP) is 3.74. The van der Waals surface area contributed by atoms with Gasteiger partial charge >= 0.3 is 0 Å². The van der Waals surface area contributed by atoms with Crippen molar-refractivity contribution in [1.29, 1.82) is 0 Å². The highest BCUT2D eigenvalue weighted by Gasteiger charge is 2.14. The Morgan fingerprint density at radius 1 is 0.727 bits per heavy atom. The molecule has 0 atom stereocenters. The number of nitrogens with zero attached hydrogens (tertiary/aromatic N) is 2. The second kappa shape index (κ2) is 4.70. The fraction of sp³-hybridized carbons (Fsp3) is 0. The van der Waals surface area contributed by atoms with E-state index in [1.54, 1.807) is 6.07 Å². The van der Waals surface area contributed by atoms with Crippen LogP contribution in [0.2, 0.25) is 0 Å². The maximum Gasteiger partial charge on any atom is 0.144 e. The molecule has 3 N–H and O–H groups in total. The number of fused-ring (bicyclic) bond motifs is 2. The molecule has 0 bridgehead atoms. The van der Waals surface area contributed by atoms with E-state index in [-0.39, 0.29) is 5.75 Å². The molecule has 0 unspecified atom stereocenters. The molecular weight excluding hydrogens is 274 g/mol. The molecule has 0 radical (unpaired) electrons. The van der Waals surface area contributed by atoms with Gasteiger partial charge in [0, 0.05) is 10.8 Å². The van der Waals surface area contributed by atoms with Crippen LogP contribution in [-0.2, 0) is 0 Å². The normalized spacial score (nSPS) is 11.1. The Hall–Kier alpha value is -3.14. The van der Waals surface area contributed by atoms with E-state index in [0.717, 1.165) is 21.8 Å². The highest BCUT2D eigenvalue weighted by molar-refractivity contribution is 5.91. The van der Waals surface area contributed by atoms with Crippen molar-refractivity contribution in [3.05, 3.63) is 60.7 Å². The molecule has 4 heteroatoms. The third-order valence-corrected chi connectivity index (χ3v) is 3.68. The first-order valence-electron chi connectivity index (χ1n) is 6.97. The molecule has 106 valence electrons. The summed E-state index contributed by atoms with van der Waals surface area (Å²) < 4.78 is 0. The zero-order chi connectivity index (χ0) is 15.1. The van der Waals surface area contributed by atoms with Crippen LogP contribution in [0.25, 0.3) is 33.2 Å². The summed E-state index contributed by atoms with van der Waals surface area (Å²) in [6.07, 6.45) is 0. The molecule has 2 heterocycles. The number of pyridine rings is 2. The highest BCUT2D eigenvalue weighted by atomic mass is 16.3. The lowest BCUT2D eigenvalue weighted by atomic mass is 10.1. The van der Waals surface area contributed by atoms with Gasteiger partial charge < -0.3 is 10.8 Å². The fourth-order valence-electron chi connectivity index (χ4n) is 2.60. The van der Waals surface area contributed by atoms with E-state index in [2.05, 4.69) is 9.97 Å². The summed E-state index contributed by atoms with van der Waals surface area (Å²) in [5.74, 6) is 0.0770. The summed E-state index contributed by atoms with van der Waals surface area (Å²) >= 11 is 0. The van der Waals surface area contributed by atoms with Gasteiger partial charge in [-0.1, -0.05) is 36.4 Å². The second-order valence-electron chi connectivity index (χ2n) is 5.17. The Kier molecular flexibility index (Phi) is 2.69. The number of para-hydroxylation sites is 2. The summed E-state index contributed by atoms with van der Waals surface area (Å²) in [7, 11) is 0. The number of anilines is 1. The minimum Gasteiger partial charge on any atom is -0.506 e. The van der Waals surface area contributed by atoms with Crippen LogP contribution in [0.4, 0.5) is 5.69 Å². The zero-order valence-electron chi connectivity index (χ0n) is 11.7. The van der Waals surface area contributed by atoms with Crippen LogP contribution >= 0.6 is 0 Å². The van der Waals surface area contributed by atoms with Crippen molar-refractivity contribution in [2.75, 3.05) is 5.73 Å². The van der Waals surface area contributed by atoms with Crippen molar-refractivity contribution >= 4 is 27.5 Å². The minimum atomic E-state index is 0.0770. The molecule has 0 saturated carbocycles. The Bertz CT molecular complexity index is 928. The monoisotopic (exact) mass is 287 g/mol. The van der Waals surface area contributed by atoms with E-state index in [1.165, 1.54) is 0 Å². The SMILES string of the molecule is Nc1cc2ccccc2nc1-c1nc2ccccc2cc1O. The zero-order valence-corrected chi connectivity index (χ0v) is 11.7. The Morgan fingerprint density at radius 3 is 1.95 bits per heavy atom. The van der Waals surface area contributed by atoms with E-state index in [0.29, 0.717) is 17.1 Å². The van der Waals surface area contributed by atoms with Gasteiger partial charge in [-0.05, 0) is 24.3 Å². The molecule has 0 saturated heterocycles. The topological polar surface area (TPSA) is 72.0 Å². The largest absolute Gasteiger partial charge is 0.506 e. The van der Waals surface area contributed by atoms with Crippen molar-refractivity contribution in [2.24, 2.45) is 0 Å². The van der Waals surface area contributed by atoms with Crippen molar-refractivity contribution in [1.82, 2.24) is 9.97 Å². The number of hydrogen-bond donors (Lipinski definition) is 2. The smallest absolute Gasteiger partial charge is 0.144 e. The molecule has 0 amide bonds. The van der Waals surface area contributed by atoms with Crippen molar-refractivity contribution in [2.45, 2.75) is 0 Å². The molecule has 4 nitrogen and oxygen atoms in total. The minimum absolute atomic E-state index is 0.0770. The standard InChI is InChI=1S/C18H13N3O/c19-13-9-11-5-1-3-7-14(11)20-17(13)18-16(22)10-12-6-2-4-8-15(12)21-18/h1-10,22H,19H2. The third-order valence-electron chi connectivity index (χ3n) is 3.68. The van der Waals surface area contributed by atoms with Crippen LogP contribution in [0.3, 0.4) is 0 Å². The lowest BCUT2D eigenvalue weighted by molar-refractivity contribution is 0.476. The molecule has 0 fully saturated rings. The summed E-state index contributed by atoms with van der Waals surface area (Å²) in [4.78, 5) is 9.09. The maximum atomic E-state index is 10.3. The summed E-state index contributed by atoms with van der Waals surface area (Å²) in [6, 6.07) is 18.9. The van der Waals surface area contributed by atoms with Gasteiger partial charge in [-0.2, -0.15) is 0 Å². The van der Waals surface area contributed by atoms with Gasteiger partial charge in [-0.15, -0.1) is 0 Å². The molecule has 4 aromatic rings. The first kappa shape index (κ1) is 12.6. The summed E-state index contributed by atoms with van der Waals surface area (Å²) in [6.45, 7) is 0. The average Bonchev–Trinajstić information content (AvgIpc) is 2.54. The summed E-state index contributed by atoms with van der Waals surface area (Å²) in [5, 5.41) is 12.1. The van der Waals surface area contributed by atoms with Crippen molar-refractivity contribution in [3.63, 3.8) is 0 Å². The Labute approximate surface area is 126 Å². The van der Waals surface area contributed by atoms with E-state index in [1.807, 2.05) is 54.6 Å². The van der Waals surface area contributed by atoms with Gasteiger partial charge in [0.1, 0.15) is 17.1 Å². The molecule has 0 aliphatic heterocycles. The van der Waals surface area contributed by atoms with Crippen LogP contribution in [0, 0.1) is 0 Å². The molecular formula is C18H13N3O. The lowest BCUT2D eigenvalue weighted by Crippen LogP contribution is -1.97. The van der Waals surface area contributed by atoms with E-state index in [4.69, 9.17) is 5.73 Å². The molecule has 0 aliphatic carbocycles. The van der Waals surface area contributed by atoms with E-state index in [9.17, 15) is 5.11 Å². The number of nitrogens with two attached hydrogens (primary N) is 1. The number of hydrogen-bond acceptors (Lipinski definition) is 4. The average molecular weight is 287 g/mol. The van der Waals surface area contributed by atoms with E-state index < -0.39 is 0 Å². The maximum absolute atomic E-state index is 10.3. The Morgan fingerprint density at radius 2 is 1.27 bits per heavy atom. The number of rotatable bonds is 1. The predicted molar refractivity (Wildman–Crippen MR) is 88.6 cm³/mol. The molecule has 0 spiro atoms. The first-order chi connectivity index (χ1) is 10.7. The Balaban J connectivity index is 2.02. The number of benzene rings is 2. The van der Waals surface area contributed by atoms with Crippen LogP contribution < -0.4 is 5.73 Å². The number of nitrogen functional groups attached to an aromatic ring is 1. The number of aromatic hydroxyl groups is 1.